The minimum Gasteiger partial charge on any atom is -0.329 e. The summed E-state index contributed by atoms with van der Waals surface area (Å²) in [5.74, 6) is 0.268. The first-order valence-corrected chi connectivity index (χ1v) is 6.38. The van der Waals surface area contributed by atoms with Crippen LogP contribution < -0.4 is 10.6 Å². The number of nitrogens with one attached hydrogen (secondary N) is 2. The number of guanidine groups is 1. The molecule has 0 spiro atoms. The number of rotatable bonds is 2. The lowest BCUT2D eigenvalue weighted by Gasteiger charge is -2.25. The zero-order valence-corrected chi connectivity index (χ0v) is 11.8. The van der Waals surface area contributed by atoms with Crippen LogP contribution in [0.4, 0.5) is 0 Å². The summed E-state index contributed by atoms with van der Waals surface area (Å²) in [5, 5.41) is 14.7. The quantitative estimate of drug-likeness (QED) is 0.646. The van der Waals surface area contributed by atoms with Gasteiger partial charge in [0.2, 0.25) is 5.96 Å². The van der Waals surface area contributed by atoms with Crippen molar-refractivity contribution in [3.05, 3.63) is 46.1 Å². The van der Waals surface area contributed by atoms with Gasteiger partial charge in [-0.1, -0.05) is 23.7 Å². The highest BCUT2D eigenvalue weighted by Crippen LogP contribution is 2.31. The van der Waals surface area contributed by atoms with Crippen molar-refractivity contribution >= 4 is 23.3 Å². The van der Waals surface area contributed by atoms with E-state index in [1.54, 1.807) is 19.1 Å². The highest BCUT2D eigenvalue weighted by Gasteiger charge is 2.26. The number of benzene rings is 1. The van der Waals surface area contributed by atoms with E-state index in [0.717, 1.165) is 5.56 Å². The first-order chi connectivity index (χ1) is 9.52. The Balaban J connectivity index is 2.48. The number of hydrogen-bond donors (Lipinski definition) is 2. The van der Waals surface area contributed by atoms with Crippen LogP contribution >= 0.6 is 11.6 Å². The normalized spacial score (nSPS) is 17.9. The van der Waals surface area contributed by atoms with Crippen molar-refractivity contribution in [3.8, 4) is 6.19 Å². The fraction of sp³-hybridized carbons (Fsp3) is 0.214. The second-order valence-corrected chi connectivity index (χ2v) is 4.82. The molecule has 1 aliphatic heterocycles. The van der Waals surface area contributed by atoms with E-state index in [1.165, 1.54) is 6.92 Å². The second kappa shape index (κ2) is 5.76. The van der Waals surface area contributed by atoms with Gasteiger partial charge in [0.15, 0.2) is 12.0 Å². The zero-order valence-electron chi connectivity index (χ0n) is 11.1. The summed E-state index contributed by atoms with van der Waals surface area (Å²) in [5.41, 5.74) is 2.11. The van der Waals surface area contributed by atoms with Crippen LogP contribution in [0, 0.1) is 11.5 Å². The fourth-order valence-corrected chi connectivity index (χ4v) is 2.26. The van der Waals surface area contributed by atoms with Crippen LogP contribution in [0.15, 0.2) is 40.5 Å². The van der Waals surface area contributed by atoms with Crippen LogP contribution in [0.5, 0.6) is 0 Å². The fourth-order valence-electron chi connectivity index (χ4n) is 2.14. The van der Waals surface area contributed by atoms with Gasteiger partial charge in [-0.15, -0.1) is 0 Å². The number of aliphatic imine (C=N–C) groups is 1. The molecule has 1 aliphatic rings. The van der Waals surface area contributed by atoms with Gasteiger partial charge in [0.25, 0.3) is 0 Å². The van der Waals surface area contributed by atoms with Crippen molar-refractivity contribution in [2.45, 2.75) is 19.9 Å². The van der Waals surface area contributed by atoms with Crippen molar-refractivity contribution in [1.82, 2.24) is 10.6 Å². The highest BCUT2D eigenvalue weighted by molar-refractivity contribution is 6.30. The summed E-state index contributed by atoms with van der Waals surface area (Å²) in [7, 11) is 0. The summed E-state index contributed by atoms with van der Waals surface area (Å²) < 4.78 is 0. The maximum Gasteiger partial charge on any atom is 0.209 e. The Bertz CT molecular complexity index is 640. The van der Waals surface area contributed by atoms with E-state index in [2.05, 4.69) is 15.6 Å². The molecule has 1 atom stereocenters. The largest absolute Gasteiger partial charge is 0.329 e. The van der Waals surface area contributed by atoms with Gasteiger partial charge in [-0.3, -0.25) is 10.1 Å². The molecule has 0 saturated carbocycles. The average Bonchev–Trinajstić information content (AvgIpc) is 2.38. The highest BCUT2D eigenvalue weighted by atomic mass is 35.5. The third-order valence-corrected chi connectivity index (χ3v) is 3.23. The van der Waals surface area contributed by atoms with Gasteiger partial charge >= 0.3 is 0 Å². The lowest BCUT2D eigenvalue weighted by molar-refractivity contribution is -0.113. The van der Waals surface area contributed by atoms with E-state index in [0.29, 0.717) is 22.3 Å². The Labute approximate surface area is 122 Å². The molecule has 0 aromatic heterocycles. The Morgan fingerprint density at radius 1 is 1.45 bits per heavy atom. The molecule has 1 unspecified atom stereocenters. The Morgan fingerprint density at radius 2 is 2.10 bits per heavy atom. The second-order valence-electron chi connectivity index (χ2n) is 4.39. The molecule has 2 rings (SSSR count). The molecule has 0 saturated heterocycles. The summed E-state index contributed by atoms with van der Waals surface area (Å²) in [6.45, 7) is 3.29. The molecular weight excluding hydrogens is 276 g/mol. The van der Waals surface area contributed by atoms with Crippen molar-refractivity contribution in [3.63, 3.8) is 0 Å². The zero-order chi connectivity index (χ0) is 14.7. The van der Waals surface area contributed by atoms with Gasteiger partial charge in [-0.25, -0.2) is 4.99 Å². The smallest absolute Gasteiger partial charge is 0.209 e. The van der Waals surface area contributed by atoms with E-state index in [1.807, 2.05) is 18.3 Å². The average molecular weight is 289 g/mol. The summed E-state index contributed by atoms with van der Waals surface area (Å²) in [4.78, 5) is 16.2. The number of ketones is 1. The van der Waals surface area contributed by atoms with Crippen molar-refractivity contribution in [2.75, 3.05) is 0 Å². The molecule has 1 heterocycles. The lowest BCUT2D eigenvalue weighted by atomic mass is 9.94. The van der Waals surface area contributed by atoms with Crippen LogP contribution in [-0.2, 0) is 4.79 Å². The number of Topliss-reactive ketones (excluding diaryl/α,β-unsaturated/α-hetero) is 1. The molecule has 0 amide bonds. The molecule has 6 heteroatoms. The SMILES string of the molecule is CC(=O)C1=C(C)NC(NC#N)=NC1c1ccc(Cl)cc1. The maximum absolute atomic E-state index is 11.8. The number of nitrogens with zero attached hydrogens (tertiary/aromatic N) is 2. The summed E-state index contributed by atoms with van der Waals surface area (Å²) in [6, 6.07) is 6.70. The van der Waals surface area contributed by atoms with Crippen molar-refractivity contribution in [2.24, 2.45) is 4.99 Å². The number of halogens is 1. The monoisotopic (exact) mass is 288 g/mol. The Morgan fingerprint density at radius 3 is 2.65 bits per heavy atom. The lowest BCUT2D eigenvalue weighted by Crippen LogP contribution is -2.38. The number of hydrogen-bond acceptors (Lipinski definition) is 5. The summed E-state index contributed by atoms with van der Waals surface area (Å²) in [6.07, 6.45) is 1.81. The van der Waals surface area contributed by atoms with E-state index in [4.69, 9.17) is 16.9 Å². The van der Waals surface area contributed by atoms with Gasteiger partial charge in [0, 0.05) is 16.3 Å². The van der Waals surface area contributed by atoms with Gasteiger partial charge in [0.1, 0.15) is 6.04 Å². The topological polar surface area (TPSA) is 77.3 Å². The molecule has 1 aromatic rings. The Hall–Kier alpha value is -2.32. The minimum atomic E-state index is -0.443. The molecule has 0 fully saturated rings. The minimum absolute atomic E-state index is 0.0605. The molecule has 0 bridgehead atoms. The van der Waals surface area contributed by atoms with E-state index in [9.17, 15) is 4.79 Å². The molecule has 2 N–H and O–H groups in total. The number of carbonyl (C=O) groups excluding carboxylic acids is 1. The number of nitriles is 1. The van der Waals surface area contributed by atoms with Gasteiger partial charge in [0.05, 0.1) is 0 Å². The van der Waals surface area contributed by atoms with E-state index < -0.39 is 6.04 Å². The maximum atomic E-state index is 11.8. The van der Waals surface area contributed by atoms with Crippen LogP contribution in [0.3, 0.4) is 0 Å². The third-order valence-electron chi connectivity index (χ3n) is 2.98. The molecule has 0 radical (unpaired) electrons. The molecule has 102 valence electrons. The first-order valence-electron chi connectivity index (χ1n) is 6.00. The molecule has 5 nitrogen and oxygen atoms in total. The van der Waals surface area contributed by atoms with Crippen LogP contribution in [0.2, 0.25) is 5.02 Å². The number of allylic oxidation sites excluding steroid dienone is 1. The third kappa shape index (κ3) is 2.81. The summed E-state index contributed by atoms with van der Waals surface area (Å²) >= 11 is 5.87. The van der Waals surface area contributed by atoms with Crippen LogP contribution in [0.1, 0.15) is 25.5 Å². The van der Waals surface area contributed by atoms with E-state index in [-0.39, 0.29) is 5.78 Å². The number of carbonyl (C=O) groups is 1. The molecule has 20 heavy (non-hydrogen) atoms. The standard InChI is InChI=1S/C14H13ClN4O/c1-8-12(9(2)20)13(19-14(18-8)17-7-16)10-3-5-11(15)6-4-10/h3-6,13H,1-2H3,(H2,17,18,19). The van der Waals surface area contributed by atoms with E-state index >= 15 is 0 Å². The predicted molar refractivity (Wildman–Crippen MR) is 76.9 cm³/mol. The first kappa shape index (κ1) is 14.1. The Kier molecular flexibility index (Phi) is 4.06. The van der Waals surface area contributed by atoms with Crippen LogP contribution in [0.25, 0.3) is 0 Å². The van der Waals surface area contributed by atoms with Gasteiger partial charge in [-0.05, 0) is 31.5 Å². The van der Waals surface area contributed by atoms with Gasteiger partial charge in [-0.2, -0.15) is 5.26 Å². The van der Waals surface area contributed by atoms with Crippen LogP contribution in [-0.4, -0.2) is 11.7 Å². The molecule has 0 aliphatic carbocycles. The molecular formula is C14H13ClN4O. The van der Waals surface area contributed by atoms with Gasteiger partial charge < -0.3 is 5.32 Å². The van der Waals surface area contributed by atoms with Crippen molar-refractivity contribution in [1.29, 1.82) is 5.26 Å². The van der Waals surface area contributed by atoms with Crippen molar-refractivity contribution < 1.29 is 4.79 Å². The predicted octanol–water partition coefficient (Wildman–Crippen LogP) is 2.27. The molecule has 1 aromatic carbocycles.